The predicted octanol–water partition coefficient (Wildman–Crippen LogP) is 3.18. The van der Waals surface area contributed by atoms with Crippen molar-refractivity contribution in [3.05, 3.63) is 35.4 Å². The molecule has 0 aliphatic carbocycles. The van der Waals surface area contributed by atoms with Gasteiger partial charge in [0.15, 0.2) is 0 Å². The molecular formula is C14H19F2NO. The fraction of sp³-hybridized carbons (Fsp3) is 0.571. The van der Waals surface area contributed by atoms with Crippen LogP contribution in [0.2, 0.25) is 0 Å². The Kier molecular flexibility index (Phi) is 3.97. The summed E-state index contributed by atoms with van der Waals surface area (Å²) < 4.78 is 32.3. The molecule has 0 radical (unpaired) electrons. The highest BCUT2D eigenvalue weighted by molar-refractivity contribution is 5.21. The molecule has 0 saturated carbocycles. The second-order valence-electron chi connectivity index (χ2n) is 5.17. The summed E-state index contributed by atoms with van der Waals surface area (Å²) >= 11 is 0. The van der Waals surface area contributed by atoms with Crippen molar-refractivity contribution in [3.8, 4) is 0 Å². The lowest BCUT2D eigenvalue weighted by atomic mass is 10.0. The minimum absolute atomic E-state index is 0.182. The smallest absolute Gasteiger partial charge is 0.128 e. The third kappa shape index (κ3) is 3.06. The highest BCUT2D eigenvalue weighted by Crippen LogP contribution is 2.25. The SMILES string of the molecule is CC(NCC1(C)CCCO1)c1cc(F)ccc1F. The molecule has 18 heavy (non-hydrogen) atoms. The lowest BCUT2D eigenvalue weighted by Gasteiger charge is -2.26. The van der Waals surface area contributed by atoms with Crippen molar-refractivity contribution in [1.29, 1.82) is 0 Å². The molecule has 0 amide bonds. The molecule has 2 atom stereocenters. The maximum atomic E-state index is 13.6. The second-order valence-corrected chi connectivity index (χ2v) is 5.17. The normalized spacial score (nSPS) is 25.3. The van der Waals surface area contributed by atoms with Crippen LogP contribution in [-0.2, 0) is 4.74 Å². The van der Waals surface area contributed by atoms with Crippen LogP contribution in [0, 0.1) is 11.6 Å². The van der Waals surface area contributed by atoms with Gasteiger partial charge in [0.25, 0.3) is 0 Å². The number of nitrogens with one attached hydrogen (secondary N) is 1. The lowest BCUT2D eigenvalue weighted by Crippen LogP contribution is -2.38. The molecule has 1 aromatic carbocycles. The van der Waals surface area contributed by atoms with Crippen molar-refractivity contribution in [2.75, 3.05) is 13.2 Å². The fourth-order valence-electron chi connectivity index (χ4n) is 2.30. The van der Waals surface area contributed by atoms with E-state index < -0.39 is 5.82 Å². The van der Waals surface area contributed by atoms with E-state index in [9.17, 15) is 8.78 Å². The zero-order valence-electron chi connectivity index (χ0n) is 10.8. The van der Waals surface area contributed by atoms with Gasteiger partial charge in [0.1, 0.15) is 11.6 Å². The molecule has 1 fully saturated rings. The van der Waals surface area contributed by atoms with Gasteiger partial charge in [-0.3, -0.25) is 0 Å². The monoisotopic (exact) mass is 255 g/mol. The largest absolute Gasteiger partial charge is 0.374 e. The molecule has 100 valence electrons. The molecule has 2 unspecified atom stereocenters. The number of benzene rings is 1. The van der Waals surface area contributed by atoms with E-state index >= 15 is 0 Å². The second kappa shape index (κ2) is 5.33. The van der Waals surface area contributed by atoms with Crippen LogP contribution in [-0.4, -0.2) is 18.8 Å². The van der Waals surface area contributed by atoms with Gasteiger partial charge in [-0.15, -0.1) is 0 Å². The first-order valence-corrected chi connectivity index (χ1v) is 6.32. The Bertz CT molecular complexity index is 416. The maximum Gasteiger partial charge on any atom is 0.128 e. The quantitative estimate of drug-likeness (QED) is 0.892. The summed E-state index contributed by atoms with van der Waals surface area (Å²) in [4.78, 5) is 0. The molecule has 0 spiro atoms. The van der Waals surface area contributed by atoms with Crippen LogP contribution >= 0.6 is 0 Å². The van der Waals surface area contributed by atoms with Crippen LogP contribution in [0.5, 0.6) is 0 Å². The molecule has 1 N–H and O–H groups in total. The van der Waals surface area contributed by atoms with E-state index in [1.54, 1.807) is 0 Å². The average Bonchev–Trinajstić information content (AvgIpc) is 2.77. The predicted molar refractivity (Wildman–Crippen MR) is 66.4 cm³/mol. The van der Waals surface area contributed by atoms with Crippen molar-refractivity contribution in [2.24, 2.45) is 0 Å². The zero-order chi connectivity index (χ0) is 13.2. The Hall–Kier alpha value is -1.00. The summed E-state index contributed by atoms with van der Waals surface area (Å²) in [5, 5.41) is 3.22. The summed E-state index contributed by atoms with van der Waals surface area (Å²) in [7, 11) is 0. The van der Waals surface area contributed by atoms with Gasteiger partial charge >= 0.3 is 0 Å². The van der Waals surface area contributed by atoms with Crippen molar-refractivity contribution in [1.82, 2.24) is 5.32 Å². The van der Waals surface area contributed by atoms with Gasteiger partial charge < -0.3 is 10.1 Å². The first kappa shape index (κ1) is 13.4. The maximum absolute atomic E-state index is 13.6. The van der Waals surface area contributed by atoms with E-state index in [-0.39, 0.29) is 17.5 Å². The summed E-state index contributed by atoms with van der Waals surface area (Å²) in [6.45, 7) is 5.29. The Balaban J connectivity index is 1.99. The van der Waals surface area contributed by atoms with E-state index in [0.717, 1.165) is 31.6 Å². The fourth-order valence-corrected chi connectivity index (χ4v) is 2.30. The first-order chi connectivity index (χ1) is 8.50. The van der Waals surface area contributed by atoms with Crippen LogP contribution in [0.4, 0.5) is 8.78 Å². The molecular weight excluding hydrogens is 236 g/mol. The third-order valence-corrected chi connectivity index (χ3v) is 3.51. The van der Waals surface area contributed by atoms with Gasteiger partial charge in [0, 0.05) is 24.8 Å². The molecule has 1 aliphatic rings. The van der Waals surface area contributed by atoms with Gasteiger partial charge in [-0.2, -0.15) is 0 Å². The molecule has 1 aliphatic heterocycles. The van der Waals surface area contributed by atoms with Gasteiger partial charge in [-0.05, 0) is 44.9 Å². The van der Waals surface area contributed by atoms with Crippen LogP contribution in [0.25, 0.3) is 0 Å². The first-order valence-electron chi connectivity index (χ1n) is 6.32. The van der Waals surface area contributed by atoms with Crippen molar-refractivity contribution in [3.63, 3.8) is 0 Å². The van der Waals surface area contributed by atoms with E-state index in [1.165, 1.54) is 6.07 Å². The number of halogens is 2. The van der Waals surface area contributed by atoms with Crippen molar-refractivity contribution in [2.45, 2.75) is 38.3 Å². The van der Waals surface area contributed by atoms with E-state index in [2.05, 4.69) is 5.32 Å². The number of hydrogen-bond acceptors (Lipinski definition) is 2. The van der Waals surface area contributed by atoms with Gasteiger partial charge in [0.2, 0.25) is 0 Å². The summed E-state index contributed by atoms with van der Waals surface area (Å²) in [5.41, 5.74) is 0.175. The minimum atomic E-state index is -0.414. The van der Waals surface area contributed by atoms with Crippen LogP contribution in [0.3, 0.4) is 0 Å². The summed E-state index contributed by atoms with van der Waals surface area (Å²) in [5.74, 6) is -0.794. The molecule has 0 bridgehead atoms. The molecule has 1 heterocycles. The zero-order valence-corrected chi connectivity index (χ0v) is 10.8. The third-order valence-electron chi connectivity index (χ3n) is 3.51. The van der Waals surface area contributed by atoms with Crippen molar-refractivity contribution >= 4 is 0 Å². The molecule has 4 heteroatoms. The van der Waals surface area contributed by atoms with Gasteiger partial charge in [0.05, 0.1) is 5.60 Å². The lowest BCUT2D eigenvalue weighted by molar-refractivity contribution is 0.0190. The van der Waals surface area contributed by atoms with Crippen molar-refractivity contribution < 1.29 is 13.5 Å². The molecule has 2 rings (SSSR count). The van der Waals surface area contributed by atoms with Gasteiger partial charge in [-0.1, -0.05) is 0 Å². The van der Waals surface area contributed by atoms with Crippen LogP contribution in [0.1, 0.15) is 38.3 Å². The summed E-state index contributed by atoms with van der Waals surface area (Å²) in [6, 6.07) is 3.30. The van der Waals surface area contributed by atoms with Crippen LogP contribution in [0.15, 0.2) is 18.2 Å². The molecule has 1 saturated heterocycles. The van der Waals surface area contributed by atoms with E-state index in [1.807, 2.05) is 13.8 Å². The Labute approximate surface area is 106 Å². The van der Waals surface area contributed by atoms with Crippen LogP contribution < -0.4 is 5.32 Å². The average molecular weight is 255 g/mol. The standard InChI is InChI=1S/C14H19F2NO/c1-10(12-8-11(15)4-5-13(12)16)17-9-14(2)6-3-7-18-14/h4-5,8,10,17H,3,6-7,9H2,1-2H3. The highest BCUT2D eigenvalue weighted by Gasteiger charge is 2.30. The number of ether oxygens (including phenoxy) is 1. The van der Waals surface area contributed by atoms with E-state index in [4.69, 9.17) is 4.74 Å². The summed E-state index contributed by atoms with van der Waals surface area (Å²) in [6.07, 6.45) is 2.05. The highest BCUT2D eigenvalue weighted by atomic mass is 19.1. The Morgan fingerprint density at radius 1 is 1.44 bits per heavy atom. The van der Waals surface area contributed by atoms with Gasteiger partial charge in [-0.25, -0.2) is 8.78 Å². The number of hydrogen-bond donors (Lipinski definition) is 1. The Morgan fingerprint density at radius 2 is 2.22 bits per heavy atom. The minimum Gasteiger partial charge on any atom is -0.374 e. The topological polar surface area (TPSA) is 21.3 Å². The Morgan fingerprint density at radius 3 is 2.89 bits per heavy atom. The van der Waals surface area contributed by atoms with E-state index in [0.29, 0.717) is 12.1 Å². The molecule has 2 nitrogen and oxygen atoms in total. The number of rotatable bonds is 4. The molecule has 0 aromatic heterocycles. The molecule has 1 aromatic rings.